The minimum atomic E-state index is -1.32. The highest BCUT2D eigenvalue weighted by Crippen LogP contribution is 2.68. The van der Waals surface area contributed by atoms with E-state index in [9.17, 15) is 23.9 Å². The summed E-state index contributed by atoms with van der Waals surface area (Å²) < 4.78 is 21.4. The first kappa shape index (κ1) is 28.0. The maximum atomic E-state index is 13.8. The zero-order valence-electron chi connectivity index (χ0n) is 24.3. The third-order valence-corrected chi connectivity index (χ3v) is 11.1. The molecule has 1 heterocycles. The van der Waals surface area contributed by atoms with Gasteiger partial charge in [-0.15, -0.1) is 0 Å². The summed E-state index contributed by atoms with van der Waals surface area (Å²) in [6.45, 7) is 7.08. The van der Waals surface area contributed by atoms with Crippen LogP contribution in [0.2, 0.25) is 0 Å². The van der Waals surface area contributed by atoms with Gasteiger partial charge in [-0.05, 0) is 105 Å². The highest BCUT2D eigenvalue weighted by Gasteiger charge is 2.70. The number of esters is 1. The van der Waals surface area contributed by atoms with Gasteiger partial charge < -0.3 is 14.6 Å². The fourth-order valence-corrected chi connectivity index (χ4v) is 9.38. The zero-order chi connectivity index (χ0) is 29.3. The first-order valence-corrected chi connectivity index (χ1v) is 14.8. The van der Waals surface area contributed by atoms with Crippen molar-refractivity contribution in [3.8, 4) is 5.69 Å². The van der Waals surface area contributed by atoms with E-state index in [1.165, 1.54) is 31.6 Å². The molecule has 2 aromatic rings. The molecule has 1 aromatic carbocycles. The van der Waals surface area contributed by atoms with Crippen LogP contribution < -0.4 is 0 Å². The molecule has 0 amide bonds. The molecule has 0 aliphatic heterocycles. The van der Waals surface area contributed by atoms with Crippen molar-refractivity contribution in [2.24, 2.45) is 28.6 Å². The molecule has 3 fully saturated rings. The molecule has 7 nitrogen and oxygen atoms in total. The van der Waals surface area contributed by atoms with E-state index in [2.05, 4.69) is 18.1 Å². The van der Waals surface area contributed by atoms with Crippen LogP contribution in [0.4, 0.5) is 4.39 Å². The van der Waals surface area contributed by atoms with Crippen molar-refractivity contribution >= 4 is 23.6 Å². The largest absolute Gasteiger partial charge is 0.451 e. The monoisotopic (exact) mass is 562 g/mol. The van der Waals surface area contributed by atoms with Crippen LogP contribution in [0.15, 0.2) is 36.0 Å². The third kappa shape index (κ3) is 4.16. The lowest BCUT2D eigenvalue weighted by Gasteiger charge is -2.60. The molecule has 1 aromatic heterocycles. The average molecular weight is 563 g/mol. The number of ether oxygens (including phenoxy) is 1. The normalized spacial score (nSPS) is 35.4. The highest BCUT2D eigenvalue weighted by atomic mass is 19.1. The van der Waals surface area contributed by atoms with Crippen LogP contribution in [0, 0.1) is 34.4 Å². The van der Waals surface area contributed by atoms with Crippen LogP contribution in [0.1, 0.15) is 83.9 Å². The van der Waals surface area contributed by atoms with E-state index in [1.807, 2.05) is 17.8 Å². The predicted molar refractivity (Wildman–Crippen MR) is 150 cm³/mol. The number of halogens is 1. The van der Waals surface area contributed by atoms with Gasteiger partial charge in [-0.2, -0.15) is 5.10 Å². The minimum Gasteiger partial charge on any atom is -0.451 e. The Morgan fingerprint density at radius 2 is 1.85 bits per heavy atom. The molecule has 5 unspecified atom stereocenters. The van der Waals surface area contributed by atoms with Gasteiger partial charge in [0.2, 0.25) is 0 Å². The molecule has 4 aliphatic carbocycles. The number of allylic oxidation sites excluding steroid dienone is 1. The summed E-state index contributed by atoms with van der Waals surface area (Å²) in [7, 11) is 0. The van der Waals surface area contributed by atoms with Crippen LogP contribution in [-0.4, -0.2) is 44.1 Å². The number of ketones is 2. The van der Waals surface area contributed by atoms with Gasteiger partial charge in [0.25, 0.3) is 0 Å². The number of rotatable bonds is 6. The Morgan fingerprint density at radius 1 is 1.12 bits per heavy atom. The van der Waals surface area contributed by atoms with Crippen LogP contribution in [0.5, 0.6) is 0 Å². The lowest BCUT2D eigenvalue weighted by Crippen LogP contribution is -2.62. The Bertz CT molecular complexity index is 1450. The summed E-state index contributed by atoms with van der Waals surface area (Å²) in [5.41, 5.74) is 1.89. The van der Waals surface area contributed by atoms with E-state index in [1.54, 1.807) is 12.1 Å². The van der Waals surface area contributed by atoms with Crippen molar-refractivity contribution < 1.29 is 28.6 Å². The quantitative estimate of drug-likeness (QED) is 0.473. The van der Waals surface area contributed by atoms with E-state index in [0.717, 1.165) is 42.6 Å². The maximum Gasteiger partial charge on any atom is 0.303 e. The van der Waals surface area contributed by atoms with Crippen molar-refractivity contribution in [2.45, 2.75) is 90.8 Å². The molecule has 0 radical (unpaired) electrons. The molecule has 0 spiro atoms. The van der Waals surface area contributed by atoms with Crippen LogP contribution >= 0.6 is 0 Å². The highest BCUT2D eigenvalue weighted by molar-refractivity contribution is 5.93. The first-order chi connectivity index (χ1) is 19.4. The second kappa shape index (κ2) is 9.72. The van der Waals surface area contributed by atoms with E-state index >= 15 is 0 Å². The Balaban J connectivity index is 1.34. The fraction of sp³-hybridized carbons (Fsp3) is 0.576. The number of hydrogen-bond acceptors (Lipinski definition) is 6. The summed E-state index contributed by atoms with van der Waals surface area (Å²) in [6, 6.07) is 6.33. The number of carbonyl (C=O) groups is 3. The Hall–Kier alpha value is -3.13. The van der Waals surface area contributed by atoms with Crippen molar-refractivity contribution in [1.82, 2.24) is 9.78 Å². The molecule has 1 N–H and O–H groups in total. The van der Waals surface area contributed by atoms with E-state index in [-0.39, 0.29) is 53.4 Å². The fourth-order valence-electron chi connectivity index (χ4n) is 9.38. The molecule has 3 saturated carbocycles. The minimum absolute atomic E-state index is 0.0108. The van der Waals surface area contributed by atoms with Crippen molar-refractivity contribution in [1.29, 1.82) is 0 Å². The van der Waals surface area contributed by atoms with Crippen molar-refractivity contribution in [2.75, 3.05) is 0 Å². The van der Waals surface area contributed by atoms with Gasteiger partial charge in [0, 0.05) is 25.2 Å². The molecule has 0 bridgehead atoms. The van der Waals surface area contributed by atoms with Crippen molar-refractivity contribution in [3.05, 3.63) is 53.1 Å². The Kier molecular flexibility index (Phi) is 6.64. The number of carbonyl (C=O) groups excluding carboxylic acids is 3. The van der Waals surface area contributed by atoms with E-state index in [0.29, 0.717) is 12.8 Å². The van der Waals surface area contributed by atoms with Gasteiger partial charge in [0.05, 0.1) is 23.7 Å². The van der Waals surface area contributed by atoms with Crippen LogP contribution in [0.25, 0.3) is 11.8 Å². The lowest BCUT2D eigenvalue weighted by molar-refractivity contribution is -0.199. The number of Topliss-reactive ketones (excluding diaryl/α,β-unsaturated/α-hetero) is 2. The second-order valence-corrected chi connectivity index (χ2v) is 13.3. The summed E-state index contributed by atoms with van der Waals surface area (Å²) in [6.07, 6.45) is 7.59. The zero-order valence-corrected chi connectivity index (χ0v) is 24.3. The molecule has 218 valence electrons. The SMILES string of the molecule is CC(=O)CCC(=O)C1(OC(C)=O)CC[C@H]2C3CCC4=Cc5c(cnn5-c5ccc(F)cc5)CC4(C)[C@H]3C(O)CC21C. The van der Waals surface area contributed by atoms with Crippen LogP contribution in [-0.2, 0) is 25.5 Å². The average Bonchev–Trinajstić information content (AvgIpc) is 3.43. The molecule has 8 heteroatoms. The number of hydrogen-bond donors (Lipinski definition) is 1. The smallest absolute Gasteiger partial charge is 0.303 e. The molecule has 0 saturated heterocycles. The summed E-state index contributed by atoms with van der Waals surface area (Å²) in [5.74, 6) is -0.796. The molecular formula is C33H39FN2O5. The first-order valence-electron chi connectivity index (χ1n) is 14.8. The number of nitrogens with zero attached hydrogens (tertiary/aromatic N) is 2. The number of aliphatic hydroxyl groups is 1. The van der Waals surface area contributed by atoms with Gasteiger partial charge in [0.15, 0.2) is 11.4 Å². The topological polar surface area (TPSA) is 98.5 Å². The number of aliphatic hydroxyl groups excluding tert-OH is 1. The third-order valence-electron chi connectivity index (χ3n) is 11.1. The van der Waals surface area contributed by atoms with E-state index in [4.69, 9.17) is 4.74 Å². The molecule has 4 aliphatic rings. The Morgan fingerprint density at radius 3 is 2.54 bits per heavy atom. The number of fused-ring (bicyclic) bond motifs is 6. The standard InChI is InChI=1S/C33H39FN2O5/c1-19(37)5-12-29(40)33(41-20(2)38)14-13-26-25-11-6-22-15-27-21(18-35-36(27)24-9-7-23(34)8-10-24)16-31(22,3)30(25)28(39)17-32(26,33)4/h7-10,15,18,25-26,28,30,39H,5-6,11-14,16-17H2,1-4H3/t25?,26-,28?,30+,31?,32?,33?/m0/s1. The maximum absolute atomic E-state index is 13.8. The predicted octanol–water partition coefficient (Wildman–Crippen LogP) is 5.40. The Labute approximate surface area is 240 Å². The molecule has 7 atom stereocenters. The molecule has 6 rings (SSSR count). The second-order valence-electron chi connectivity index (χ2n) is 13.3. The molecular weight excluding hydrogens is 523 g/mol. The van der Waals surface area contributed by atoms with Gasteiger partial charge in [-0.25, -0.2) is 9.07 Å². The van der Waals surface area contributed by atoms with Gasteiger partial charge in [0.1, 0.15) is 11.6 Å². The van der Waals surface area contributed by atoms with Gasteiger partial charge in [-0.3, -0.25) is 9.59 Å². The van der Waals surface area contributed by atoms with E-state index < -0.39 is 23.1 Å². The summed E-state index contributed by atoms with van der Waals surface area (Å²) in [4.78, 5) is 37.8. The summed E-state index contributed by atoms with van der Waals surface area (Å²) in [5, 5.41) is 16.6. The lowest BCUT2D eigenvalue weighted by atomic mass is 9.45. The number of aromatic nitrogens is 2. The number of benzene rings is 1. The molecule has 41 heavy (non-hydrogen) atoms. The van der Waals surface area contributed by atoms with Gasteiger partial charge in [-0.1, -0.05) is 19.4 Å². The van der Waals surface area contributed by atoms with Gasteiger partial charge >= 0.3 is 5.97 Å². The van der Waals surface area contributed by atoms with Crippen LogP contribution in [0.3, 0.4) is 0 Å². The summed E-state index contributed by atoms with van der Waals surface area (Å²) >= 11 is 0. The van der Waals surface area contributed by atoms with Crippen molar-refractivity contribution in [3.63, 3.8) is 0 Å².